The highest BCUT2D eigenvalue weighted by Crippen LogP contribution is 2.42. The molecule has 1 aliphatic heterocycles. The van der Waals surface area contributed by atoms with Gasteiger partial charge in [0.2, 0.25) is 0 Å². The van der Waals surface area contributed by atoms with Crippen LogP contribution in [0.1, 0.15) is 79.7 Å². The van der Waals surface area contributed by atoms with Crippen molar-refractivity contribution in [2.45, 2.75) is 71.1 Å². The Morgan fingerprint density at radius 3 is 2.51 bits per heavy atom. The Bertz CT molecular complexity index is 1160. The van der Waals surface area contributed by atoms with Gasteiger partial charge in [0.05, 0.1) is 6.20 Å². The number of pyridine rings is 1. The fraction of sp³-hybridized carbons (Fsp3) is 0.536. The largest absolute Gasteiger partial charge is 0.483 e. The van der Waals surface area contributed by atoms with Crippen molar-refractivity contribution >= 4 is 12.1 Å². The van der Waals surface area contributed by atoms with Gasteiger partial charge in [-0.1, -0.05) is 12.1 Å². The molecular weight excluding hydrogens is 477 g/mol. The average molecular weight is 514 g/mol. The van der Waals surface area contributed by atoms with Crippen molar-refractivity contribution in [1.29, 1.82) is 0 Å². The molecule has 2 fully saturated rings. The van der Waals surface area contributed by atoms with Crippen LogP contribution in [0.15, 0.2) is 30.5 Å². The normalized spacial score (nSPS) is 19.4. The van der Waals surface area contributed by atoms with Gasteiger partial charge in [0, 0.05) is 32.2 Å². The van der Waals surface area contributed by atoms with Crippen LogP contribution in [-0.2, 0) is 4.74 Å². The minimum atomic E-state index is -1.10. The van der Waals surface area contributed by atoms with E-state index in [4.69, 9.17) is 9.47 Å². The number of piperazine rings is 1. The number of benzene rings is 1. The van der Waals surface area contributed by atoms with Gasteiger partial charge in [-0.3, -0.25) is 4.90 Å². The van der Waals surface area contributed by atoms with Gasteiger partial charge >= 0.3 is 12.1 Å². The average Bonchev–Trinajstić information content (AvgIpc) is 3.62. The molecule has 8 nitrogen and oxygen atoms in total. The van der Waals surface area contributed by atoms with Crippen LogP contribution in [0, 0.1) is 12.7 Å². The van der Waals surface area contributed by atoms with Gasteiger partial charge in [0.25, 0.3) is 0 Å². The van der Waals surface area contributed by atoms with Crippen molar-refractivity contribution < 1.29 is 28.6 Å². The van der Waals surface area contributed by atoms with Crippen LogP contribution in [0.25, 0.3) is 0 Å². The number of carbonyl (C=O) groups excluding carboxylic acids is 1. The Labute approximate surface area is 217 Å². The summed E-state index contributed by atoms with van der Waals surface area (Å²) in [4.78, 5) is 31.9. The maximum atomic E-state index is 15.0. The number of halogens is 1. The van der Waals surface area contributed by atoms with E-state index < -0.39 is 17.7 Å². The number of aromatic carboxylic acids is 1. The summed E-state index contributed by atoms with van der Waals surface area (Å²) in [5, 5.41) is 9.30. The Morgan fingerprint density at radius 1 is 1.22 bits per heavy atom. The molecule has 1 unspecified atom stereocenters. The first-order valence-corrected chi connectivity index (χ1v) is 12.8. The lowest BCUT2D eigenvalue weighted by Gasteiger charge is -2.41. The fourth-order valence-electron chi connectivity index (χ4n) is 4.71. The number of nitrogens with zero attached hydrogens (tertiary/aromatic N) is 3. The molecule has 2 aliphatic rings. The molecule has 1 amide bonds. The molecule has 37 heavy (non-hydrogen) atoms. The number of rotatable bonds is 7. The number of aryl methyl sites for hydroxylation is 1. The van der Waals surface area contributed by atoms with Gasteiger partial charge in [0.15, 0.2) is 5.69 Å². The third-order valence-electron chi connectivity index (χ3n) is 6.71. The Balaban J connectivity index is 1.52. The van der Waals surface area contributed by atoms with Gasteiger partial charge in [-0.15, -0.1) is 0 Å². The number of carboxylic acids is 1. The summed E-state index contributed by atoms with van der Waals surface area (Å²) in [6.45, 7) is 11.4. The first-order valence-electron chi connectivity index (χ1n) is 12.8. The lowest BCUT2D eigenvalue weighted by molar-refractivity contribution is -0.00301. The van der Waals surface area contributed by atoms with Gasteiger partial charge in [0.1, 0.15) is 23.3 Å². The highest BCUT2D eigenvalue weighted by molar-refractivity contribution is 5.87. The van der Waals surface area contributed by atoms with Gasteiger partial charge in [-0.2, -0.15) is 0 Å². The number of carbonyl (C=O) groups is 2. The van der Waals surface area contributed by atoms with Crippen LogP contribution < -0.4 is 4.74 Å². The van der Waals surface area contributed by atoms with E-state index in [-0.39, 0.29) is 23.6 Å². The minimum Gasteiger partial charge on any atom is -0.483 e. The van der Waals surface area contributed by atoms with Gasteiger partial charge in [-0.25, -0.2) is 19.0 Å². The second-order valence-corrected chi connectivity index (χ2v) is 11.1. The van der Waals surface area contributed by atoms with E-state index >= 15 is 0 Å². The molecule has 0 radical (unpaired) electrons. The fourth-order valence-corrected chi connectivity index (χ4v) is 4.71. The topological polar surface area (TPSA) is 92.2 Å². The number of amides is 1. The maximum absolute atomic E-state index is 15.0. The molecule has 1 aliphatic carbocycles. The molecule has 0 spiro atoms. The number of hydrogen-bond acceptors (Lipinski definition) is 6. The number of carboxylic acid groups (broad SMARTS) is 1. The van der Waals surface area contributed by atoms with Gasteiger partial charge in [-0.05, 0) is 82.2 Å². The van der Waals surface area contributed by atoms with E-state index in [1.54, 1.807) is 24.0 Å². The van der Waals surface area contributed by atoms with Crippen molar-refractivity contribution in [2.75, 3.05) is 26.2 Å². The molecule has 1 saturated carbocycles. The Hall–Kier alpha value is -3.20. The van der Waals surface area contributed by atoms with E-state index in [1.165, 1.54) is 6.20 Å². The highest BCUT2D eigenvalue weighted by Gasteiger charge is 2.33. The van der Waals surface area contributed by atoms with Crippen molar-refractivity contribution in [3.8, 4) is 5.75 Å². The van der Waals surface area contributed by atoms with Crippen LogP contribution in [0.3, 0.4) is 0 Å². The molecule has 1 saturated heterocycles. The van der Waals surface area contributed by atoms with E-state index in [0.29, 0.717) is 49.0 Å². The molecule has 2 aromatic rings. The highest BCUT2D eigenvalue weighted by atomic mass is 19.1. The molecule has 9 heteroatoms. The van der Waals surface area contributed by atoms with Gasteiger partial charge < -0.3 is 19.5 Å². The second-order valence-electron chi connectivity index (χ2n) is 11.1. The first-order chi connectivity index (χ1) is 17.4. The SMILES string of the molecule is Cc1cc(OC(CN2CCN(C(=O)OC(C)(C)C)[C@H](C)C2)c2ccc(C3CC3)c(F)c2)cnc1C(=O)O. The maximum Gasteiger partial charge on any atom is 0.410 e. The molecule has 1 aromatic heterocycles. The number of hydrogen-bond donors (Lipinski definition) is 1. The van der Waals surface area contributed by atoms with Crippen LogP contribution >= 0.6 is 0 Å². The minimum absolute atomic E-state index is 0.0316. The monoisotopic (exact) mass is 513 g/mol. The zero-order valence-electron chi connectivity index (χ0n) is 22.2. The van der Waals surface area contributed by atoms with Crippen LogP contribution in [0.4, 0.5) is 9.18 Å². The molecule has 0 bridgehead atoms. The third kappa shape index (κ3) is 6.77. The van der Waals surface area contributed by atoms with Crippen molar-refractivity contribution in [3.63, 3.8) is 0 Å². The van der Waals surface area contributed by atoms with E-state index in [9.17, 15) is 19.1 Å². The van der Waals surface area contributed by atoms with Crippen LogP contribution in [0.2, 0.25) is 0 Å². The number of aromatic nitrogens is 1. The van der Waals surface area contributed by atoms with E-state index in [1.807, 2.05) is 39.8 Å². The molecule has 1 N–H and O–H groups in total. The molecule has 4 rings (SSSR count). The summed E-state index contributed by atoms with van der Waals surface area (Å²) in [5.74, 6) is -0.618. The lowest BCUT2D eigenvalue weighted by atomic mass is 10.0. The molecular formula is C28H36FN3O5. The van der Waals surface area contributed by atoms with Crippen LogP contribution in [-0.4, -0.2) is 69.8 Å². The van der Waals surface area contributed by atoms with Crippen LogP contribution in [0.5, 0.6) is 5.75 Å². The summed E-state index contributed by atoms with van der Waals surface area (Å²) in [5.41, 5.74) is 1.33. The first kappa shape index (κ1) is 26.9. The van der Waals surface area contributed by atoms with E-state index in [2.05, 4.69) is 9.88 Å². The smallest absolute Gasteiger partial charge is 0.410 e. The molecule has 200 valence electrons. The Kier molecular flexibility index (Phi) is 7.73. The quantitative estimate of drug-likeness (QED) is 0.546. The predicted octanol–water partition coefficient (Wildman–Crippen LogP) is 5.17. The summed E-state index contributed by atoms with van der Waals surface area (Å²) in [6, 6.07) is 6.87. The lowest BCUT2D eigenvalue weighted by Crippen LogP contribution is -2.55. The predicted molar refractivity (Wildman–Crippen MR) is 137 cm³/mol. The Morgan fingerprint density at radius 2 is 1.95 bits per heavy atom. The molecule has 2 atom stereocenters. The summed E-state index contributed by atoms with van der Waals surface area (Å²) >= 11 is 0. The third-order valence-corrected chi connectivity index (χ3v) is 6.71. The van der Waals surface area contributed by atoms with Crippen molar-refractivity contribution in [3.05, 3.63) is 58.7 Å². The summed E-state index contributed by atoms with van der Waals surface area (Å²) < 4.78 is 26.8. The zero-order valence-corrected chi connectivity index (χ0v) is 22.2. The summed E-state index contributed by atoms with van der Waals surface area (Å²) in [7, 11) is 0. The molecule has 1 aromatic carbocycles. The standard InChI is InChI=1S/C28H36FN3O5/c1-17-12-21(14-30-25(17)26(33)34)36-24(20-8-9-22(19-6-7-19)23(29)13-20)16-31-10-11-32(18(2)15-31)27(35)37-28(3,4)5/h8-9,12-14,18-19,24H,6-7,10-11,15-16H2,1-5H3,(H,33,34)/t18-,24?/m1/s1. The molecule has 2 heterocycles. The summed E-state index contributed by atoms with van der Waals surface area (Å²) in [6.07, 6.45) is 2.57. The van der Waals surface area contributed by atoms with Crippen molar-refractivity contribution in [2.24, 2.45) is 0 Å². The zero-order chi connectivity index (χ0) is 26.9. The van der Waals surface area contributed by atoms with E-state index in [0.717, 1.165) is 18.4 Å². The second kappa shape index (κ2) is 10.7. The number of ether oxygens (including phenoxy) is 2. The van der Waals surface area contributed by atoms with Crippen molar-refractivity contribution in [1.82, 2.24) is 14.8 Å².